The summed E-state index contributed by atoms with van der Waals surface area (Å²) in [5.41, 5.74) is 2.66. The summed E-state index contributed by atoms with van der Waals surface area (Å²) in [7, 11) is 4.20. The Labute approximate surface area is 124 Å². The molecule has 0 saturated carbocycles. The third kappa shape index (κ3) is 3.50. The number of benzene rings is 1. The molecule has 4 heteroatoms. The van der Waals surface area contributed by atoms with Gasteiger partial charge < -0.3 is 15.0 Å². The molecule has 0 bridgehead atoms. The zero-order valence-corrected chi connectivity index (χ0v) is 13.5. The average Bonchev–Trinajstić information content (AvgIpc) is 2.46. The first-order valence-corrected chi connectivity index (χ1v) is 7.70. The molecule has 1 N–H and O–H groups in total. The molecule has 0 aromatic heterocycles. The maximum Gasteiger partial charge on any atom is 0.0485 e. The number of anilines is 1. The molecule has 1 unspecified atom stereocenters. The Morgan fingerprint density at radius 1 is 1.37 bits per heavy atom. The summed E-state index contributed by atoms with van der Waals surface area (Å²) in [5.74, 6) is 0. The molecular weight excluding hydrogens is 304 g/mol. The first kappa shape index (κ1) is 14.8. The minimum Gasteiger partial charge on any atom is -0.381 e. The smallest absolute Gasteiger partial charge is 0.0485 e. The summed E-state index contributed by atoms with van der Waals surface area (Å²) >= 11 is 3.57. The fraction of sp³-hybridized carbons (Fsp3) is 0.600. The highest BCUT2D eigenvalue weighted by Gasteiger charge is 2.21. The number of nitrogens with zero attached hydrogens (tertiary/aromatic N) is 1. The van der Waals surface area contributed by atoms with Crippen LogP contribution in [0.25, 0.3) is 0 Å². The fourth-order valence-corrected chi connectivity index (χ4v) is 3.00. The van der Waals surface area contributed by atoms with E-state index in [9.17, 15) is 0 Å². The summed E-state index contributed by atoms with van der Waals surface area (Å²) in [4.78, 5) is 2.41. The van der Waals surface area contributed by atoms with Crippen molar-refractivity contribution in [1.82, 2.24) is 5.32 Å². The van der Waals surface area contributed by atoms with Gasteiger partial charge in [0.2, 0.25) is 0 Å². The van der Waals surface area contributed by atoms with Crippen molar-refractivity contribution in [2.24, 2.45) is 0 Å². The molecule has 106 valence electrons. The molecule has 1 aliphatic rings. The lowest BCUT2D eigenvalue weighted by Gasteiger charge is -2.35. The summed E-state index contributed by atoms with van der Waals surface area (Å²) in [6.45, 7) is 3.95. The molecule has 0 aliphatic carbocycles. The summed E-state index contributed by atoms with van der Waals surface area (Å²) in [5, 5.41) is 3.33. The number of halogens is 1. The third-order valence-electron chi connectivity index (χ3n) is 4.01. The quantitative estimate of drug-likeness (QED) is 0.918. The largest absolute Gasteiger partial charge is 0.381 e. The predicted octanol–water partition coefficient (Wildman–Crippen LogP) is 3.34. The van der Waals surface area contributed by atoms with Gasteiger partial charge in [0, 0.05) is 42.5 Å². The van der Waals surface area contributed by atoms with Crippen LogP contribution in [0.4, 0.5) is 5.69 Å². The SMILES string of the molecule is CNC(C)c1cc(Br)ccc1N(C)C1CCOCC1. The standard InChI is InChI=1S/C15H23BrN2O/c1-11(17-2)14-10-12(16)4-5-15(14)18(3)13-6-8-19-9-7-13/h4-5,10-11,13,17H,6-9H2,1-3H3. The Kier molecular flexibility index (Phi) is 5.25. The van der Waals surface area contributed by atoms with E-state index in [1.165, 1.54) is 11.3 Å². The lowest BCUT2D eigenvalue weighted by atomic mass is 10.0. The van der Waals surface area contributed by atoms with Crippen LogP contribution >= 0.6 is 15.9 Å². The predicted molar refractivity (Wildman–Crippen MR) is 83.9 cm³/mol. The number of hydrogen-bond donors (Lipinski definition) is 1. The van der Waals surface area contributed by atoms with Crippen molar-refractivity contribution in [3.05, 3.63) is 28.2 Å². The highest BCUT2D eigenvalue weighted by atomic mass is 79.9. The van der Waals surface area contributed by atoms with E-state index >= 15 is 0 Å². The van der Waals surface area contributed by atoms with Crippen LogP contribution in [0.3, 0.4) is 0 Å². The van der Waals surface area contributed by atoms with Gasteiger partial charge in [-0.05, 0) is 50.6 Å². The van der Waals surface area contributed by atoms with Crippen LogP contribution in [0.1, 0.15) is 31.4 Å². The molecule has 19 heavy (non-hydrogen) atoms. The zero-order chi connectivity index (χ0) is 13.8. The van der Waals surface area contributed by atoms with Crippen molar-refractivity contribution in [2.45, 2.75) is 31.8 Å². The van der Waals surface area contributed by atoms with E-state index in [-0.39, 0.29) is 0 Å². The molecule has 1 saturated heterocycles. The fourth-order valence-electron chi connectivity index (χ4n) is 2.62. The van der Waals surface area contributed by atoms with E-state index in [4.69, 9.17) is 4.74 Å². The monoisotopic (exact) mass is 326 g/mol. The van der Waals surface area contributed by atoms with Gasteiger partial charge in [-0.3, -0.25) is 0 Å². The van der Waals surface area contributed by atoms with Crippen molar-refractivity contribution in [1.29, 1.82) is 0 Å². The lowest BCUT2D eigenvalue weighted by Crippen LogP contribution is -2.37. The lowest BCUT2D eigenvalue weighted by molar-refractivity contribution is 0.0854. The van der Waals surface area contributed by atoms with Crippen molar-refractivity contribution in [2.75, 3.05) is 32.2 Å². The molecule has 1 fully saturated rings. The van der Waals surface area contributed by atoms with Gasteiger partial charge in [-0.2, -0.15) is 0 Å². The Balaban J connectivity index is 2.26. The van der Waals surface area contributed by atoms with Gasteiger partial charge in [0.1, 0.15) is 0 Å². The van der Waals surface area contributed by atoms with Gasteiger partial charge in [-0.15, -0.1) is 0 Å². The van der Waals surface area contributed by atoms with E-state index in [0.29, 0.717) is 12.1 Å². The first-order chi connectivity index (χ1) is 9.13. The minimum absolute atomic E-state index is 0.342. The normalized spacial score (nSPS) is 18.3. The highest BCUT2D eigenvalue weighted by molar-refractivity contribution is 9.10. The molecule has 1 aromatic carbocycles. The maximum absolute atomic E-state index is 5.46. The molecular formula is C15H23BrN2O. The molecule has 0 amide bonds. The van der Waals surface area contributed by atoms with Gasteiger partial charge in [-0.1, -0.05) is 15.9 Å². The van der Waals surface area contributed by atoms with Gasteiger partial charge in [0.15, 0.2) is 0 Å². The van der Waals surface area contributed by atoms with Crippen molar-refractivity contribution < 1.29 is 4.74 Å². The summed E-state index contributed by atoms with van der Waals surface area (Å²) in [6.07, 6.45) is 2.22. The molecule has 1 aromatic rings. The Morgan fingerprint density at radius 2 is 2.05 bits per heavy atom. The van der Waals surface area contributed by atoms with Crippen LogP contribution in [0, 0.1) is 0 Å². The van der Waals surface area contributed by atoms with Crippen LogP contribution in [0.15, 0.2) is 22.7 Å². The van der Waals surface area contributed by atoms with E-state index in [1.807, 2.05) is 7.05 Å². The minimum atomic E-state index is 0.342. The third-order valence-corrected chi connectivity index (χ3v) is 4.50. The van der Waals surface area contributed by atoms with Gasteiger partial charge in [0.05, 0.1) is 0 Å². The van der Waals surface area contributed by atoms with Crippen LogP contribution in [0.2, 0.25) is 0 Å². The van der Waals surface area contributed by atoms with Crippen molar-refractivity contribution >= 4 is 21.6 Å². The topological polar surface area (TPSA) is 24.5 Å². The van der Waals surface area contributed by atoms with E-state index in [1.54, 1.807) is 0 Å². The number of nitrogens with one attached hydrogen (secondary N) is 1. The van der Waals surface area contributed by atoms with Crippen molar-refractivity contribution in [3.63, 3.8) is 0 Å². The summed E-state index contributed by atoms with van der Waals surface area (Å²) in [6, 6.07) is 7.47. The van der Waals surface area contributed by atoms with E-state index < -0.39 is 0 Å². The Bertz CT molecular complexity index is 419. The zero-order valence-electron chi connectivity index (χ0n) is 11.9. The average molecular weight is 327 g/mol. The van der Waals surface area contributed by atoms with Crippen LogP contribution in [0.5, 0.6) is 0 Å². The Morgan fingerprint density at radius 3 is 2.68 bits per heavy atom. The van der Waals surface area contributed by atoms with Gasteiger partial charge in [0.25, 0.3) is 0 Å². The maximum atomic E-state index is 5.46. The summed E-state index contributed by atoms with van der Waals surface area (Å²) < 4.78 is 6.59. The van der Waals surface area contributed by atoms with Crippen LogP contribution in [-0.2, 0) is 4.74 Å². The molecule has 0 radical (unpaired) electrons. The second-order valence-corrected chi connectivity index (χ2v) is 6.08. The first-order valence-electron chi connectivity index (χ1n) is 6.90. The second kappa shape index (κ2) is 6.73. The molecule has 1 aliphatic heterocycles. The van der Waals surface area contributed by atoms with Crippen LogP contribution in [-0.4, -0.2) is 33.4 Å². The number of ether oxygens (including phenoxy) is 1. The van der Waals surface area contributed by atoms with Gasteiger partial charge in [-0.25, -0.2) is 0 Å². The van der Waals surface area contributed by atoms with Gasteiger partial charge >= 0.3 is 0 Å². The number of rotatable bonds is 4. The van der Waals surface area contributed by atoms with E-state index in [2.05, 4.69) is 58.3 Å². The molecule has 2 rings (SSSR count). The highest BCUT2D eigenvalue weighted by Crippen LogP contribution is 2.31. The Hall–Kier alpha value is -0.580. The molecule has 0 spiro atoms. The molecule has 3 nitrogen and oxygen atoms in total. The van der Waals surface area contributed by atoms with E-state index in [0.717, 1.165) is 30.5 Å². The van der Waals surface area contributed by atoms with Crippen molar-refractivity contribution in [3.8, 4) is 0 Å². The molecule has 1 heterocycles. The number of hydrogen-bond acceptors (Lipinski definition) is 3. The second-order valence-electron chi connectivity index (χ2n) is 5.17. The van der Waals surface area contributed by atoms with Crippen LogP contribution < -0.4 is 10.2 Å². The molecule has 1 atom stereocenters.